The summed E-state index contributed by atoms with van der Waals surface area (Å²) >= 11 is 0. The Morgan fingerprint density at radius 1 is 0.898 bits per heavy atom. The van der Waals surface area contributed by atoms with Crippen molar-refractivity contribution in [3.8, 4) is 0 Å². The molecular weight excluding hydrogens is 635 g/mol. The Labute approximate surface area is 289 Å². The molecule has 0 spiro atoms. The molecule has 4 aromatic rings. The Morgan fingerprint density at radius 3 is 2.24 bits per heavy atom. The molecule has 0 radical (unpaired) electrons. The van der Waals surface area contributed by atoms with Crippen LogP contribution in [-0.2, 0) is 15.4 Å². The number of benzene rings is 3. The molecule has 2 unspecified atom stereocenters. The van der Waals surface area contributed by atoms with E-state index >= 15 is 0 Å². The van der Waals surface area contributed by atoms with Crippen molar-refractivity contribution in [1.82, 2.24) is 19.4 Å². The van der Waals surface area contributed by atoms with Crippen LogP contribution in [0, 0.1) is 6.92 Å². The van der Waals surface area contributed by atoms with E-state index in [9.17, 15) is 18.0 Å². The van der Waals surface area contributed by atoms with E-state index in [1.54, 1.807) is 11.0 Å². The van der Waals surface area contributed by atoms with Gasteiger partial charge in [0.25, 0.3) is 5.91 Å². The van der Waals surface area contributed by atoms with E-state index in [2.05, 4.69) is 71.0 Å². The molecule has 0 saturated carbocycles. The predicted octanol–water partition coefficient (Wildman–Crippen LogP) is 6.41. The highest BCUT2D eigenvalue weighted by molar-refractivity contribution is 7.89. The minimum atomic E-state index is -4.19. The van der Waals surface area contributed by atoms with Crippen LogP contribution in [0.1, 0.15) is 103 Å². The van der Waals surface area contributed by atoms with Crippen LogP contribution in [0.3, 0.4) is 0 Å². The number of para-hydroxylation sites is 2. The molecule has 49 heavy (non-hydrogen) atoms. The van der Waals surface area contributed by atoms with Gasteiger partial charge in [-0.2, -0.15) is 0 Å². The van der Waals surface area contributed by atoms with Gasteiger partial charge in [-0.3, -0.25) is 14.5 Å². The number of primary sulfonamides is 1. The quantitative estimate of drug-likeness (QED) is 0.194. The fraction of sp³-hybridized carbons (Fsp3) is 0.462. The third-order valence-corrected chi connectivity index (χ3v) is 12.5. The lowest BCUT2D eigenvalue weighted by atomic mass is 9.70. The zero-order valence-corrected chi connectivity index (χ0v) is 29.4. The van der Waals surface area contributed by atoms with E-state index in [0.29, 0.717) is 37.6 Å². The smallest absolute Gasteiger partial charge is 0.254 e. The highest BCUT2D eigenvalue weighted by Crippen LogP contribution is 2.45. The standard InChI is InChI=1S/C39H47N5O4S/c1-3-10-35(45)37-32(13-9-16-36(37)49(40,47)48)38(46)42-22-19-39(20-23-42,28-11-5-4-6-12-28)21-24-43-29-17-18-30(43)26-31(25-29)44-27(2)41-33-14-7-8-15-34(33)44/h4-9,11-16,29-31H,3,10,17-26H2,1-2H3,(H2,40,47,48). The van der Waals surface area contributed by atoms with Gasteiger partial charge in [-0.15, -0.1) is 0 Å². The number of aryl methyl sites for hydroxylation is 1. The van der Waals surface area contributed by atoms with Crippen molar-refractivity contribution in [2.75, 3.05) is 19.6 Å². The molecule has 2 atom stereocenters. The van der Waals surface area contributed by atoms with Crippen molar-refractivity contribution in [1.29, 1.82) is 0 Å². The van der Waals surface area contributed by atoms with Crippen LogP contribution in [0.5, 0.6) is 0 Å². The van der Waals surface area contributed by atoms with Gasteiger partial charge >= 0.3 is 0 Å². The van der Waals surface area contributed by atoms with E-state index in [4.69, 9.17) is 10.1 Å². The molecule has 3 aliphatic heterocycles. The van der Waals surface area contributed by atoms with Gasteiger partial charge in [0.2, 0.25) is 10.0 Å². The maximum Gasteiger partial charge on any atom is 0.254 e. The summed E-state index contributed by atoms with van der Waals surface area (Å²) in [4.78, 5) is 36.3. The Balaban J connectivity index is 1.09. The zero-order valence-electron chi connectivity index (χ0n) is 28.6. The Morgan fingerprint density at radius 2 is 1.57 bits per heavy atom. The van der Waals surface area contributed by atoms with E-state index in [-0.39, 0.29) is 39.5 Å². The molecule has 258 valence electrons. The zero-order chi connectivity index (χ0) is 34.3. The van der Waals surface area contributed by atoms with Crippen molar-refractivity contribution in [3.05, 3.63) is 95.3 Å². The SMILES string of the molecule is CCCC(=O)c1c(C(=O)N2CCC(CCN3C4CCC3CC(n3c(C)nc5ccccc53)C4)(c3ccccc3)CC2)cccc1S(N)(=O)=O. The normalized spacial score (nSPS) is 22.4. The maximum atomic E-state index is 14.0. The summed E-state index contributed by atoms with van der Waals surface area (Å²) in [6.07, 6.45) is 7.99. The highest BCUT2D eigenvalue weighted by Gasteiger charge is 2.44. The maximum absolute atomic E-state index is 14.0. The first-order chi connectivity index (χ1) is 23.6. The van der Waals surface area contributed by atoms with Crippen molar-refractivity contribution < 1.29 is 18.0 Å². The number of hydrogen-bond acceptors (Lipinski definition) is 6. The second-order valence-corrected chi connectivity index (χ2v) is 15.9. The number of imidazole rings is 1. The minimum Gasteiger partial charge on any atom is -0.339 e. The Kier molecular flexibility index (Phi) is 9.23. The van der Waals surface area contributed by atoms with Crippen molar-refractivity contribution in [2.45, 2.75) is 100 Å². The van der Waals surface area contributed by atoms with Gasteiger partial charge < -0.3 is 9.47 Å². The van der Waals surface area contributed by atoms with E-state index in [0.717, 1.165) is 50.0 Å². The van der Waals surface area contributed by atoms with Crippen LogP contribution in [0.15, 0.2) is 77.7 Å². The summed E-state index contributed by atoms with van der Waals surface area (Å²) in [7, 11) is -4.19. The van der Waals surface area contributed by atoms with Crippen molar-refractivity contribution in [2.24, 2.45) is 5.14 Å². The molecule has 9 nitrogen and oxygen atoms in total. The lowest BCUT2D eigenvalue weighted by Crippen LogP contribution is -2.49. The van der Waals surface area contributed by atoms with Crippen LogP contribution in [0.2, 0.25) is 0 Å². The van der Waals surface area contributed by atoms with Gasteiger partial charge in [0.1, 0.15) is 5.82 Å². The van der Waals surface area contributed by atoms with Crippen LogP contribution < -0.4 is 5.14 Å². The molecule has 1 aromatic heterocycles. The minimum absolute atomic E-state index is 0.0745. The van der Waals surface area contributed by atoms with Crippen LogP contribution in [0.25, 0.3) is 11.0 Å². The number of ketones is 1. The number of carbonyl (C=O) groups is 2. The number of Topliss-reactive ketones (excluding diaryl/α,β-unsaturated/α-hetero) is 1. The Bertz CT molecular complexity index is 1950. The van der Waals surface area contributed by atoms with Gasteiger partial charge in [0.15, 0.2) is 5.78 Å². The van der Waals surface area contributed by atoms with Crippen LogP contribution in [-0.4, -0.2) is 71.2 Å². The molecule has 4 heterocycles. The van der Waals surface area contributed by atoms with E-state index < -0.39 is 10.0 Å². The molecule has 3 aliphatic rings. The molecule has 0 aliphatic carbocycles. The number of fused-ring (bicyclic) bond motifs is 3. The number of nitrogens with zero attached hydrogens (tertiary/aromatic N) is 4. The number of nitrogens with two attached hydrogens (primary N) is 1. The number of piperidine rings is 2. The topological polar surface area (TPSA) is 119 Å². The predicted molar refractivity (Wildman–Crippen MR) is 191 cm³/mol. The first kappa shape index (κ1) is 33.6. The average molecular weight is 682 g/mol. The van der Waals surface area contributed by atoms with Gasteiger partial charge in [0.05, 0.1) is 27.1 Å². The monoisotopic (exact) mass is 681 g/mol. The van der Waals surface area contributed by atoms with Gasteiger partial charge in [0, 0.05) is 37.6 Å². The largest absolute Gasteiger partial charge is 0.339 e. The third-order valence-electron chi connectivity index (χ3n) is 11.6. The van der Waals surface area contributed by atoms with Gasteiger partial charge in [-0.1, -0.05) is 55.5 Å². The average Bonchev–Trinajstić information content (AvgIpc) is 3.57. The van der Waals surface area contributed by atoms with Gasteiger partial charge in [-0.25, -0.2) is 18.5 Å². The van der Waals surface area contributed by atoms with E-state index in [1.807, 2.05) is 6.92 Å². The summed E-state index contributed by atoms with van der Waals surface area (Å²) in [6.45, 7) is 6.05. The molecule has 3 fully saturated rings. The number of rotatable bonds is 10. The highest BCUT2D eigenvalue weighted by atomic mass is 32.2. The molecular formula is C39H47N5O4S. The van der Waals surface area contributed by atoms with Crippen LogP contribution >= 0.6 is 0 Å². The number of likely N-dealkylation sites (tertiary alicyclic amines) is 1. The third kappa shape index (κ3) is 6.35. The molecule has 7 rings (SSSR count). The molecule has 2 N–H and O–H groups in total. The summed E-state index contributed by atoms with van der Waals surface area (Å²) in [5, 5.41) is 5.51. The molecule has 3 aromatic carbocycles. The lowest BCUT2D eigenvalue weighted by molar-refractivity contribution is 0.0603. The summed E-state index contributed by atoms with van der Waals surface area (Å²) in [6, 6.07) is 25.1. The van der Waals surface area contributed by atoms with Crippen LogP contribution in [0.4, 0.5) is 0 Å². The number of sulfonamides is 1. The number of amides is 1. The van der Waals surface area contributed by atoms with Crippen molar-refractivity contribution in [3.63, 3.8) is 0 Å². The van der Waals surface area contributed by atoms with E-state index in [1.165, 1.54) is 36.1 Å². The van der Waals surface area contributed by atoms with Gasteiger partial charge in [-0.05, 0) is 100 Å². The first-order valence-electron chi connectivity index (χ1n) is 17.8. The summed E-state index contributed by atoms with van der Waals surface area (Å²) < 4.78 is 27.4. The van der Waals surface area contributed by atoms with Crippen molar-refractivity contribution >= 4 is 32.7 Å². The molecule has 3 saturated heterocycles. The number of hydrogen-bond donors (Lipinski definition) is 1. The fourth-order valence-electron chi connectivity index (χ4n) is 9.16. The first-order valence-corrected chi connectivity index (χ1v) is 19.4. The summed E-state index contributed by atoms with van der Waals surface area (Å²) in [5.74, 6) is 0.413. The summed E-state index contributed by atoms with van der Waals surface area (Å²) in [5.41, 5.74) is 3.58. The molecule has 1 amide bonds. The fourth-order valence-corrected chi connectivity index (χ4v) is 9.94. The second kappa shape index (κ2) is 13.5. The second-order valence-electron chi connectivity index (χ2n) is 14.4. The number of carbonyl (C=O) groups excluding carboxylic acids is 2. The lowest BCUT2D eigenvalue weighted by Gasteiger charge is -2.45. The Hall–Kier alpha value is -3.86. The number of aromatic nitrogens is 2. The molecule has 10 heteroatoms. The molecule has 2 bridgehead atoms.